The van der Waals surface area contributed by atoms with Crippen molar-refractivity contribution in [3.8, 4) is 16.9 Å². The van der Waals surface area contributed by atoms with Gasteiger partial charge in [0, 0.05) is 38.3 Å². The van der Waals surface area contributed by atoms with Gasteiger partial charge in [-0.2, -0.15) is 13.2 Å². The minimum absolute atomic E-state index is 0.0355. The van der Waals surface area contributed by atoms with Gasteiger partial charge in [0.2, 0.25) is 11.2 Å². The fourth-order valence-electron chi connectivity index (χ4n) is 3.47. The molecule has 0 aliphatic heterocycles. The summed E-state index contributed by atoms with van der Waals surface area (Å²) in [4.78, 5) is 15.1. The zero-order valence-corrected chi connectivity index (χ0v) is 19.6. The Labute approximate surface area is 196 Å². The van der Waals surface area contributed by atoms with E-state index >= 15 is 0 Å². The summed E-state index contributed by atoms with van der Waals surface area (Å²) in [7, 11) is 3.06. The molecule has 3 rings (SSSR count). The first kappa shape index (κ1) is 25.2. The van der Waals surface area contributed by atoms with Crippen LogP contribution in [0, 0.1) is 0 Å². The van der Waals surface area contributed by atoms with E-state index in [4.69, 9.17) is 13.9 Å². The highest BCUT2D eigenvalue weighted by Crippen LogP contribution is 2.39. The van der Waals surface area contributed by atoms with Crippen LogP contribution in [0.2, 0.25) is 0 Å². The van der Waals surface area contributed by atoms with Gasteiger partial charge in [0.1, 0.15) is 11.3 Å². The van der Waals surface area contributed by atoms with E-state index in [-0.39, 0.29) is 34.4 Å². The average Bonchev–Trinajstić information content (AvgIpc) is 2.77. The molecule has 3 aromatic rings. The monoisotopic (exact) mass is 529 g/mol. The maximum absolute atomic E-state index is 14.0. The topological polar surface area (TPSA) is 72.1 Å². The van der Waals surface area contributed by atoms with E-state index in [1.165, 1.54) is 38.5 Å². The molecule has 0 radical (unpaired) electrons. The molecule has 0 bridgehead atoms. The highest BCUT2D eigenvalue weighted by atomic mass is 79.9. The van der Waals surface area contributed by atoms with Crippen molar-refractivity contribution in [1.82, 2.24) is 4.90 Å². The van der Waals surface area contributed by atoms with Gasteiger partial charge in [0.15, 0.2) is 0 Å². The first-order valence-electron chi connectivity index (χ1n) is 10.0. The summed E-state index contributed by atoms with van der Waals surface area (Å²) in [5, 5.41) is 10.4. The molecular formula is C23H23BrF3NO5. The van der Waals surface area contributed by atoms with Gasteiger partial charge < -0.3 is 19.0 Å². The molecule has 0 spiro atoms. The van der Waals surface area contributed by atoms with Crippen LogP contribution in [-0.4, -0.2) is 50.5 Å². The molecule has 1 aromatic heterocycles. The van der Waals surface area contributed by atoms with Crippen molar-refractivity contribution in [3.05, 3.63) is 62.4 Å². The minimum Gasteiger partial charge on any atom is -0.507 e. The number of alkyl halides is 3. The first-order chi connectivity index (χ1) is 15.7. The number of benzene rings is 2. The molecule has 2 aromatic carbocycles. The molecular weight excluding hydrogens is 507 g/mol. The Morgan fingerprint density at radius 1 is 1.03 bits per heavy atom. The molecule has 33 heavy (non-hydrogen) atoms. The molecule has 10 heteroatoms. The van der Waals surface area contributed by atoms with Gasteiger partial charge in [-0.1, -0.05) is 28.1 Å². The number of phenolic OH excluding ortho intramolecular Hbond substituents is 1. The van der Waals surface area contributed by atoms with Crippen LogP contribution in [0.15, 0.2) is 50.1 Å². The Hall–Kier alpha value is -2.40. The summed E-state index contributed by atoms with van der Waals surface area (Å²) in [6.45, 7) is 1.63. The van der Waals surface area contributed by atoms with Gasteiger partial charge in [-0.15, -0.1) is 0 Å². The lowest BCUT2D eigenvalue weighted by atomic mass is 10.00. The molecule has 0 saturated carbocycles. The van der Waals surface area contributed by atoms with Gasteiger partial charge in [-0.25, -0.2) is 0 Å². The zero-order chi connectivity index (χ0) is 24.2. The number of ether oxygens (including phenoxy) is 2. The van der Waals surface area contributed by atoms with E-state index < -0.39 is 22.9 Å². The maximum Gasteiger partial charge on any atom is 0.450 e. The molecule has 0 unspecified atom stereocenters. The molecule has 0 saturated heterocycles. The van der Waals surface area contributed by atoms with Crippen LogP contribution in [0.5, 0.6) is 5.75 Å². The number of phenols is 1. The Morgan fingerprint density at radius 2 is 1.64 bits per heavy atom. The second kappa shape index (κ2) is 10.7. The molecule has 0 fully saturated rings. The SMILES string of the molecule is COCCN(CCOC)Cc1c(O)ccc2c(=O)c(-c3ccc(Br)cc3)c(C(F)(F)F)oc12. The number of fused-ring (bicyclic) bond motifs is 1. The number of nitrogens with zero attached hydrogens (tertiary/aromatic N) is 1. The smallest absolute Gasteiger partial charge is 0.450 e. The zero-order valence-electron chi connectivity index (χ0n) is 18.0. The van der Waals surface area contributed by atoms with Crippen molar-refractivity contribution in [2.45, 2.75) is 12.7 Å². The van der Waals surface area contributed by atoms with E-state index in [0.29, 0.717) is 30.8 Å². The quantitative estimate of drug-likeness (QED) is 0.418. The Morgan fingerprint density at radius 3 is 2.18 bits per heavy atom. The summed E-state index contributed by atoms with van der Waals surface area (Å²) in [5.41, 5.74) is -1.53. The van der Waals surface area contributed by atoms with Gasteiger partial charge >= 0.3 is 6.18 Å². The molecule has 0 aliphatic rings. The minimum atomic E-state index is -4.93. The van der Waals surface area contributed by atoms with Crippen molar-refractivity contribution in [2.75, 3.05) is 40.5 Å². The van der Waals surface area contributed by atoms with Gasteiger partial charge in [0.05, 0.1) is 29.7 Å². The highest BCUT2D eigenvalue weighted by Gasteiger charge is 2.39. The van der Waals surface area contributed by atoms with Crippen LogP contribution >= 0.6 is 15.9 Å². The maximum atomic E-state index is 14.0. The standard InChI is InChI=1S/C23H23BrF3NO5/c1-31-11-9-28(10-12-32-2)13-17-18(29)8-7-16-20(30)19(14-3-5-15(24)6-4-14)22(23(25,26)27)33-21(16)17/h3-8,29H,9-13H2,1-2H3. The largest absolute Gasteiger partial charge is 0.507 e. The number of halogens is 4. The summed E-state index contributed by atoms with van der Waals surface area (Å²) < 4.78 is 58.2. The fourth-order valence-corrected chi connectivity index (χ4v) is 3.73. The number of hydrogen-bond acceptors (Lipinski definition) is 6. The van der Waals surface area contributed by atoms with E-state index in [9.17, 15) is 23.1 Å². The predicted octanol–water partition coefficient (Wildman–Crippen LogP) is 5.04. The van der Waals surface area contributed by atoms with Gasteiger partial charge in [-0.05, 0) is 29.8 Å². The van der Waals surface area contributed by atoms with Crippen molar-refractivity contribution in [3.63, 3.8) is 0 Å². The van der Waals surface area contributed by atoms with E-state index in [1.807, 2.05) is 4.90 Å². The average molecular weight is 530 g/mol. The summed E-state index contributed by atoms with van der Waals surface area (Å²) in [6, 6.07) is 8.48. The number of methoxy groups -OCH3 is 2. The first-order valence-corrected chi connectivity index (χ1v) is 10.8. The van der Waals surface area contributed by atoms with Crippen molar-refractivity contribution < 1.29 is 32.2 Å². The summed E-state index contributed by atoms with van der Waals surface area (Å²) in [6.07, 6.45) is -4.93. The fraction of sp³-hybridized carbons (Fsp3) is 0.348. The number of hydrogen-bond donors (Lipinski definition) is 1. The lowest BCUT2D eigenvalue weighted by molar-refractivity contribution is -0.152. The normalized spacial score (nSPS) is 12.1. The molecule has 1 N–H and O–H groups in total. The van der Waals surface area contributed by atoms with Crippen LogP contribution in [0.25, 0.3) is 22.1 Å². The molecule has 0 atom stereocenters. The van der Waals surface area contributed by atoms with Gasteiger partial charge in [0.25, 0.3) is 0 Å². The molecule has 0 amide bonds. The third kappa shape index (κ3) is 5.75. The third-order valence-electron chi connectivity index (χ3n) is 5.13. The predicted molar refractivity (Wildman–Crippen MR) is 121 cm³/mol. The lowest BCUT2D eigenvalue weighted by Gasteiger charge is -2.23. The Bertz CT molecular complexity index is 1150. The van der Waals surface area contributed by atoms with E-state index in [1.54, 1.807) is 12.1 Å². The van der Waals surface area contributed by atoms with E-state index in [2.05, 4.69) is 15.9 Å². The summed E-state index contributed by atoms with van der Waals surface area (Å²) >= 11 is 3.24. The van der Waals surface area contributed by atoms with Crippen molar-refractivity contribution in [2.24, 2.45) is 0 Å². The summed E-state index contributed by atoms with van der Waals surface area (Å²) in [5.74, 6) is -1.68. The van der Waals surface area contributed by atoms with Crippen molar-refractivity contribution >= 4 is 26.9 Å². The third-order valence-corrected chi connectivity index (χ3v) is 5.66. The molecule has 6 nitrogen and oxygen atoms in total. The second-order valence-electron chi connectivity index (χ2n) is 7.34. The van der Waals surface area contributed by atoms with Crippen LogP contribution in [0.4, 0.5) is 13.2 Å². The number of aromatic hydroxyl groups is 1. The Balaban J connectivity index is 2.23. The molecule has 0 aliphatic carbocycles. The van der Waals surface area contributed by atoms with Crippen LogP contribution in [0.1, 0.15) is 11.3 Å². The lowest BCUT2D eigenvalue weighted by Crippen LogP contribution is -2.30. The highest BCUT2D eigenvalue weighted by molar-refractivity contribution is 9.10. The number of rotatable bonds is 9. The second-order valence-corrected chi connectivity index (χ2v) is 8.26. The van der Waals surface area contributed by atoms with E-state index in [0.717, 1.165) is 0 Å². The van der Waals surface area contributed by atoms with Crippen LogP contribution < -0.4 is 5.43 Å². The Kier molecular flexibility index (Phi) is 8.17. The van der Waals surface area contributed by atoms with Crippen molar-refractivity contribution in [1.29, 1.82) is 0 Å². The van der Waals surface area contributed by atoms with Crippen LogP contribution in [0.3, 0.4) is 0 Å². The molecule has 1 heterocycles. The molecule has 178 valence electrons. The van der Waals surface area contributed by atoms with Gasteiger partial charge in [-0.3, -0.25) is 9.69 Å². The van der Waals surface area contributed by atoms with Crippen LogP contribution in [-0.2, 0) is 22.2 Å².